The van der Waals surface area contributed by atoms with Gasteiger partial charge in [-0.2, -0.15) is 0 Å². The number of benzene rings is 1. The molecule has 15 heavy (non-hydrogen) atoms. The molecule has 0 radical (unpaired) electrons. The second-order valence-electron chi connectivity index (χ2n) is 3.63. The Bertz CT molecular complexity index is 555. The highest BCUT2D eigenvalue weighted by atomic mass is 16.3. The third kappa shape index (κ3) is 1.46. The van der Waals surface area contributed by atoms with Gasteiger partial charge in [0.25, 0.3) is 0 Å². The van der Waals surface area contributed by atoms with Crippen LogP contribution in [0.3, 0.4) is 0 Å². The Balaban J connectivity index is 2.37. The quantitative estimate of drug-likeness (QED) is 0.674. The molecule has 1 heterocycles. The monoisotopic (exact) mass is 200 g/mol. The molecule has 0 amide bonds. The molecular formula is C12H12N2O. The molecule has 0 unspecified atom stereocenters. The third-order valence-corrected chi connectivity index (χ3v) is 2.58. The molecule has 0 saturated carbocycles. The lowest BCUT2D eigenvalue weighted by Gasteiger charge is -2.03. The average Bonchev–Trinajstić information content (AvgIpc) is 2.48. The van der Waals surface area contributed by atoms with Gasteiger partial charge in [0.2, 0.25) is 0 Å². The van der Waals surface area contributed by atoms with Crippen LogP contribution in [-0.2, 0) is 6.42 Å². The average molecular weight is 200 g/mol. The fourth-order valence-corrected chi connectivity index (χ4v) is 1.79. The van der Waals surface area contributed by atoms with E-state index >= 15 is 0 Å². The molecule has 0 bridgehead atoms. The van der Waals surface area contributed by atoms with Crippen LogP contribution in [-0.4, -0.2) is 10.2 Å². The fraction of sp³-hybridized carbons (Fsp3) is 0.167. The Labute approximate surface area is 87.1 Å². The lowest BCUT2D eigenvalue weighted by molar-refractivity contribution is 0.534. The molecule has 3 nitrogen and oxygen atoms in total. The van der Waals surface area contributed by atoms with E-state index in [0.29, 0.717) is 0 Å². The molecule has 1 aliphatic rings. The molecule has 1 aliphatic carbocycles. The summed E-state index contributed by atoms with van der Waals surface area (Å²) in [6.07, 6.45) is 6.20. The minimum absolute atomic E-state index is 0.880. The van der Waals surface area contributed by atoms with Gasteiger partial charge in [-0.05, 0) is 24.6 Å². The first-order valence-electron chi connectivity index (χ1n) is 5.12. The van der Waals surface area contributed by atoms with Crippen molar-refractivity contribution in [1.82, 2.24) is 10.2 Å². The van der Waals surface area contributed by atoms with Crippen LogP contribution in [0, 0.1) is 0 Å². The first kappa shape index (κ1) is 8.41. The zero-order valence-electron chi connectivity index (χ0n) is 8.29. The van der Waals surface area contributed by atoms with Crippen LogP contribution in [0.25, 0.3) is 17.2 Å². The number of nitrogens with one attached hydrogen (secondary N) is 2. The molecular weight excluding hydrogens is 188 g/mol. The zero-order valence-corrected chi connectivity index (χ0v) is 8.29. The summed E-state index contributed by atoms with van der Waals surface area (Å²) < 4.78 is 5.86. The summed E-state index contributed by atoms with van der Waals surface area (Å²) in [5.74, 6) is 1.01. The number of aromatic nitrogens is 2. The Morgan fingerprint density at radius 2 is 2.07 bits per heavy atom. The van der Waals surface area contributed by atoms with E-state index in [0.717, 1.165) is 35.4 Å². The van der Waals surface area contributed by atoms with Crippen LogP contribution in [0.2, 0.25) is 0 Å². The first-order chi connectivity index (χ1) is 7.43. The molecule has 1 aromatic heterocycles. The van der Waals surface area contributed by atoms with Crippen molar-refractivity contribution in [1.29, 1.82) is 0 Å². The maximum absolute atomic E-state index is 5.86. The van der Waals surface area contributed by atoms with Crippen molar-refractivity contribution in [2.24, 2.45) is 0 Å². The molecule has 0 aliphatic heterocycles. The van der Waals surface area contributed by atoms with E-state index in [1.807, 2.05) is 24.3 Å². The van der Waals surface area contributed by atoms with Gasteiger partial charge >= 0.3 is 0 Å². The Morgan fingerprint density at radius 3 is 3.07 bits per heavy atom. The van der Waals surface area contributed by atoms with Crippen LogP contribution >= 0.6 is 0 Å². The van der Waals surface area contributed by atoms with Crippen molar-refractivity contribution in [3.63, 3.8) is 0 Å². The highest BCUT2D eigenvalue weighted by Gasteiger charge is 2.06. The number of rotatable bonds is 0. The fourth-order valence-electron chi connectivity index (χ4n) is 1.79. The predicted octanol–water partition coefficient (Wildman–Crippen LogP) is 3.17. The standard InChI is InChI=1S/C12H12N2O/c1-3-7-11-9(5-1)13-14-10-6-2-4-8-12(10)15-11/h1-3,5-7,13-14H,4,8H2. The zero-order chi connectivity index (χ0) is 10.1. The van der Waals surface area contributed by atoms with Gasteiger partial charge in [0.05, 0.1) is 11.2 Å². The lowest BCUT2D eigenvalue weighted by Crippen LogP contribution is -1.93. The minimum Gasteiger partial charge on any atom is -0.457 e. The third-order valence-electron chi connectivity index (χ3n) is 2.58. The van der Waals surface area contributed by atoms with E-state index in [1.165, 1.54) is 0 Å². The lowest BCUT2D eigenvalue weighted by atomic mass is 10.1. The van der Waals surface area contributed by atoms with E-state index in [-0.39, 0.29) is 0 Å². The number of hydrogen-bond acceptors (Lipinski definition) is 1. The maximum Gasteiger partial charge on any atom is 0.151 e. The number of aryl methyl sites for hydroxylation is 1. The highest BCUT2D eigenvalue weighted by molar-refractivity contribution is 5.71. The molecule has 2 N–H and O–H groups in total. The van der Waals surface area contributed by atoms with E-state index in [4.69, 9.17) is 4.42 Å². The van der Waals surface area contributed by atoms with E-state index in [2.05, 4.69) is 22.3 Å². The molecule has 0 atom stereocenters. The molecule has 3 heteroatoms. The van der Waals surface area contributed by atoms with Crippen LogP contribution in [0.15, 0.2) is 34.8 Å². The summed E-state index contributed by atoms with van der Waals surface area (Å²) in [5.41, 5.74) is 2.88. The van der Waals surface area contributed by atoms with Crippen LogP contribution in [0.4, 0.5) is 0 Å². The van der Waals surface area contributed by atoms with Gasteiger partial charge < -0.3 is 4.42 Å². The van der Waals surface area contributed by atoms with Crippen LogP contribution in [0.5, 0.6) is 0 Å². The Morgan fingerprint density at radius 1 is 1.13 bits per heavy atom. The predicted molar refractivity (Wildman–Crippen MR) is 59.9 cm³/mol. The van der Waals surface area contributed by atoms with Crippen molar-refractivity contribution < 1.29 is 4.42 Å². The smallest absolute Gasteiger partial charge is 0.151 e. The number of para-hydroxylation sites is 2. The van der Waals surface area contributed by atoms with Gasteiger partial charge in [0, 0.05) is 6.42 Å². The maximum atomic E-state index is 5.86. The number of allylic oxidation sites excluding steroid dienone is 1. The normalized spacial score (nSPS) is 13.9. The summed E-state index contributed by atoms with van der Waals surface area (Å²) in [4.78, 5) is 0. The summed E-state index contributed by atoms with van der Waals surface area (Å²) in [6, 6.07) is 7.92. The highest BCUT2D eigenvalue weighted by Crippen LogP contribution is 2.19. The molecule has 0 fully saturated rings. The summed E-state index contributed by atoms with van der Waals surface area (Å²) in [5, 5.41) is 6.30. The van der Waals surface area contributed by atoms with Gasteiger partial charge in [-0.3, -0.25) is 10.2 Å². The summed E-state index contributed by atoms with van der Waals surface area (Å²) in [6.45, 7) is 0. The SMILES string of the molecule is C1=Cc2[nH][nH]c3ccccc3oc2CC1. The van der Waals surface area contributed by atoms with Crippen molar-refractivity contribution >= 4 is 17.2 Å². The van der Waals surface area contributed by atoms with Crippen molar-refractivity contribution in [3.05, 3.63) is 41.8 Å². The van der Waals surface area contributed by atoms with E-state index in [9.17, 15) is 0 Å². The molecule has 1 aromatic carbocycles. The Hall–Kier alpha value is -1.90. The second kappa shape index (κ2) is 3.35. The van der Waals surface area contributed by atoms with Gasteiger partial charge in [-0.25, -0.2) is 0 Å². The number of fused-ring (bicyclic) bond motifs is 2. The van der Waals surface area contributed by atoms with Gasteiger partial charge in [-0.15, -0.1) is 0 Å². The van der Waals surface area contributed by atoms with Crippen LogP contribution in [0.1, 0.15) is 17.9 Å². The van der Waals surface area contributed by atoms with Gasteiger partial charge in [-0.1, -0.05) is 18.2 Å². The molecule has 0 saturated heterocycles. The van der Waals surface area contributed by atoms with Gasteiger partial charge in [0.1, 0.15) is 5.76 Å². The molecule has 76 valence electrons. The van der Waals surface area contributed by atoms with E-state index in [1.54, 1.807) is 0 Å². The van der Waals surface area contributed by atoms with Crippen LogP contribution < -0.4 is 0 Å². The van der Waals surface area contributed by atoms with Crippen molar-refractivity contribution in [2.45, 2.75) is 12.8 Å². The number of aromatic amines is 2. The van der Waals surface area contributed by atoms with E-state index < -0.39 is 0 Å². The molecule has 0 spiro atoms. The van der Waals surface area contributed by atoms with Crippen molar-refractivity contribution in [3.8, 4) is 0 Å². The number of hydrogen-bond donors (Lipinski definition) is 2. The number of H-pyrrole nitrogens is 2. The Kier molecular flexibility index (Phi) is 1.88. The van der Waals surface area contributed by atoms with Crippen molar-refractivity contribution in [2.75, 3.05) is 0 Å². The first-order valence-corrected chi connectivity index (χ1v) is 5.12. The molecule has 3 rings (SSSR count). The summed E-state index contributed by atoms with van der Waals surface area (Å²) >= 11 is 0. The molecule has 2 aromatic rings. The largest absolute Gasteiger partial charge is 0.457 e. The second-order valence-corrected chi connectivity index (χ2v) is 3.63. The summed E-state index contributed by atoms with van der Waals surface area (Å²) in [7, 11) is 0. The minimum atomic E-state index is 0.880. The topological polar surface area (TPSA) is 44.7 Å². The van der Waals surface area contributed by atoms with Gasteiger partial charge in [0.15, 0.2) is 5.58 Å².